The van der Waals surface area contributed by atoms with Gasteiger partial charge in [-0.2, -0.15) is 0 Å². The smallest absolute Gasteiger partial charge is 0.259 e. The molecule has 1 aromatic heterocycles. The van der Waals surface area contributed by atoms with Crippen molar-refractivity contribution in [2.45, 2.75) is 53.0 Å². The summed E-state index contributed by atoms with van der Waals surface area (Å²) in [5.74, 6) is 1.63. The second kappa shape index (κ2) is 6.10. The van der Waals surface area contributed by atoms with E-state index < -0.39 is 0 Å². The summed E-state index contributed by atoms with van der Waals surface area (Å²) in [6, 6.07) is 0.317. The van der Waals surface area contributed by atoms with E-state index in [2.05, 4.69) is 30.8 Å². The molecule has 6 heteroatoms. The van der Waals surface area contributed by atoms with Gasteiger partial charge in [0, 0.05) is 37.0 Å². The van der Waals surface area contributed by atoms with Crippen LogP contribution in [0.15, 0.2) is 10.8 Å². The summed E-state index contributed by atoms with van der Waals surface area (Å²) in [6.07, 6.45) is 4.43. The Bertz CT molecular complexity index is 718. The number of piperidine rings is 1. The second-order valence-electron chi connectivity index (χ2n) is 8.94. The molecular formula is C20H29N3O3. The Labute approximate surface area is 154 Å². The molecule has 1 aromatic rings. The fourth-order valence-corrected chi connectivity index (χ4v) is 5.19. The van der Waals surface area contributed by atoms with Crippen molar-refractivity contribution < 1.29 is 14.1 Å². The molecule has 2 saturated heterocycles. The molecule has 0 radical (unpaired) electrons. The molecule has 26 heavy (non-hydrogen) atoms. The molecule has 3 aliphatic rings. The zero-order chi connectivity index (χ0) is 18.6. The van der Waals surface area contributed by atoms with Crippen LogP contribution in [-0.2, 0) is 4.79 Å². The molecule has 1 unspecified atom stereocenters. The van der Waals surface area contributed by atoms with E-state index in [0.717, 1.165) is 38.9 Å². The van der Waals surface area contributed by atoms with Gasteiger partial charge in [0.1, 0.15) is 11.8 Å². The van der Waals surface area contributed by atoms with Crippen LogP contribution >= 0.6 is 0 Å². The first-order chi connectivity index (χ1) is 12.3. The number of rotatable bonds is 3. The van der Waals surface area contributed by atoms with Gasteiger partial charge in [-0.25, -0.2) is 0 Å². The van der Waals surface area contributed by atoms with Gasteiger partial charge >= 0.3 is 0 Å². The van der Waals surface area contributed by atoms with Gasteiger partial charge in [-0.15, -0.1) is 0 Å². The third kappa shape index (κ3) is 2.65. The maximum absolute atomic E-state index is 12.7. The molecule has 0 aromatic carbocycles. The van der Waals surface area contributed by atoms with Crippen molar-refractivity contribution in [2.75, 3.05) is 19.6 Å². The van der Waals surface area contributed by atoms with Gasteiger partial charge in [-0.3, -0.25) is 9.59 Å². The van der Waals surface area contributed by atoms with Gasteiger partial charge in [0.25, 0.3) is 5.91 Å². The summed E-state index contributed by atoms with van der Waals surface area (Å²) < 4.78 is 4.91. The Balaban J connectivity index is 1.42. The summed E-state index contributed by atoms with van der Waals surface area (Å²) in [6.45, 7) is 10.8. The summed E-state index contributed by atoms with van der Waals surface area (Å²) in [4.78, 5) is 29.5. The monoisotopic (exact) mass is 359 g/mol. The van der Waals surface area contributed by atoms with Gasteiger partial charge in [-0.05, 0) is 38.0 Å². The first-order valence-electron chi connectivity index (χ1n) is 9.85. The van der Waals surface area contributed by atoms with Crippen molar-refractivity contribution >= 4 is 11.8 Å². The zero-order valence-corrected chi connectivity index (χ0v) is 16.2. The van der Waals surface area contributed by atoms with E-state index >= 15 is 0 Å². The van der Waals surface area contributed by atoms with Crippen LogP contribution in [0.3, 0.4) is 0 Å². The predicted octanol–water partition coefficient (Wildman–Crippen LogP) is 2.73. The predicted molar refractivity (Wildman–Crippen MR) is 96.4 cm³/mol. The van der Waals surface area contributed by atoms with Gasteiger partial charge < -0.3 is 14.3 Å². The number of amides is 2. The Morgan fingerprint density at radius 3 is 2.46 bits per heavy atom. The topological polar surface area (TPSA) is 66.7 Å². The number of carbonyl (C=O) groups is 2. The molecule has 3 atom stereocenters. The molecular weight excluding hydrogens is 330 g/mol. The van der Waals surface area contributed by atoms with Gasteiger partial charge in [-0.1, -0.05) is 25.9 Å². The molecule has 1 spiro atoms. The summed E-state index contributed by atoms with van der Waals surface area (Å²) in [5, 5.41) is 3.81. The Hall–Kier alpha value is -1.85. The zero-order valence-electron chi connectivity index (χ0n) is 16.2. The van der Waals surface area contributed by atoms with Crippen molar-refractivity contribution in [3.05, 3.63) is 17.5 Å². The Kier molecular flexibility index (Phi) is 4.12. The highest BCUT2D eigenvalue weighted by Gasteiger charge is 2.58. The summed E-state index contributed by atoms with van der Waals surface area (Å²) in [5.41, 5.74) is 1.39. The molecule has 2 aliphatic heterocycles. The first-order valence-corrected chi connectivity index (χ1v) is 9.85. The standard InChI is InChI=1S/C20H29N3O3/c1-12(2)17-20(11-23(17)19(25)15-9-13(15)3)5-7-22(8-6-20)18(24)16-10-26-21-14(16)4/h10,12-13,15,17H,5-9,11H2,1-4H3/t13-,15-,17?/m1/s1. The maximum atomic E-state index is 12.7. The Morgan fingerprint density at radius 2 is 1.96 bits per heavy atom. The SMILES string of the molecule is Cc1nocc1C(=O)N1CCC2(CC1)CN(C(=O)[C@@H]1C[C@H]1C)C2C(C)C. The lowest BCUT2D eigenvalue weighted by Crippen LogP contribution is -2.71. The van der Waals surface area contributed by atoms with Crippen LogP contribution < -0.4 is 0 Å². The molecule has 1 saturated carbocycles. The van der Waals surface area contributed by atoms with Crippen LogP contribution in [0.25, 0.3) is 0 Å². The highest BCUT2D eigenvalue weighted by Crippen LogP contribution is 2.52. The number of nitrogens with zero attached hydrogens (tertiary/aromatic N) is 3. The third-order valence-corrected chi connectivity index (χ3v) is 6.82. The summed E-state index contributed by atoms with van der Waals surface area (Å²) in [7, 11) is 0. The number of hydrogen-bond acceptors (Lipinski definition) is 4. The van der Waals surface area contributed by atoms with E-state index in [-0.39, 0.29) is 17.2 Å². The van der Waals surface area contributed by atoms with Crippen LogP contribution in [-0.4, -0.2) is 52.4 Å². The molecule has 142 valence electrons. The van der Waals surface area contributed by atoms with Crippen LogP contribution in [0.2, 0.25) is 0 Å². The lowest BCUT2D eigenvalue weighted by molar-refractivity contribution is -0.168. The van der Waals surface area contributed by atoms with E-state index in [1.54, 1.807) is 6.92 Å². The van der Waals surface area contributed by atoms with Crippen LogP contribution in [0, 0.1) is 30.1 Å². The largest absolute Gasteiger partial charge is 0.364 e. The first kappa shape index (κ1) is 17.6. The molecule has 6 nitrogen and oxygen atoms in total. The van der Waals surface area contributed by atoms with Crippen molar-refractivity contribution in [2.24, 2.45) is 23.2 Å². The minimum atomic E-state index is 0.0127. The number of hydrogen-bond donors (Lipinski definition) is 0. The minimum Gasteiger partial charge on any atom is -0.364 e. The number of aromatic nitrogens is 1. The van der Waals surface area contributed by atoms with E-state index in [4.69, 9.17) is 4.52 Å². The molecule has 4 rings (SSSR count). The normalized spacial score (nSPS) is 29.8. The Morgan fingerprint density at radius 1 is 1.31 bits per heavy atom. The minimum absolute atomic E-state index is 0.0127. The van der Waals surface area contributed by atoms with Crippen LogP contribution in [0.5, 0.6) is 0 Å². The fraction of sp³-hybridized carbons (Fsp3) is 0.750. The van der Waals surface area contributed by atoms with Crippen LogP contribution in [0.1, 0.15) is 56.1 Å². The van der Waals surface area contributed by atoms with Crippen molar-refractivity contribution in [3.8, 4) is 0 Å². The quantitative estimate of drug-likeness (QED) is 0.832. The highest BCUT2D eigenvalue weighted by molar-refractivity contribution is 5.94. The van der Waals surface area contributed by atoms with Gasteiger partial charge in [0.15, 0.2) is 0 Å². The van der Waals surface area contributed by atoms with Crippen molar-refractivity contribution in [1.29, 1.82) is 0 Å². The molecule has 0 N–H and O–H groups in total. The highest BCUT2D eigenvalue weighted by atomic mass is 16.5. The van der Waals surface area contributed by atoms with E-state index in [1.807, 2.05) is 4.90 Å². The van der Waals surface area contributed by atoms with E-state index in [0.29, 0.717) is 35.0 Å². The van der Waals surface area contributed by atoms with Gasteiger partial charge in [0.05, 0.1) is 5.69 Å². The lowest BCUT2D eigenvalue weighted by Gasteiger charge is -2.62. The van der Waals surface area contributed by atoms with Crippen molar-refractivity contribution in [3.63, 3.8) is 0 Å². The van der Waals surface area contributed by atoms with Crippen LogP contribution in [0.4, 0.5) is 0 Å². The van der Waals surface area contributed by atoms with Gasteiger partial charge in [0.2, 0.25) is 5.91 Å². The molecule has 3 fully saturated rings. The molecule has 2 amide bonds. The lowest BCUT2D eigenvalue weighted by atomic mass is 9.61. The number of likely N-dealkylation sites (tertiary alicyclic amines) is 2. The average Bonchev–Trinajstić information content (AvgIpc) is 3.16. The second-order valence-corrected chi connectivity index (χ2v) is 8.94. The third-order valence-electron chi connectivity index (χ3n) is 6.82. The molecule has 0 bridgehead atoms. The number of aryl methyl sites for hydroxylation is 1. The molecule has 1 aliphatic carbocycles. The molecule has 3 heterocycles. The van der Waals surface area contributed by atoms with E-state index in [9.17, 15) is 9.59 Å². The van der Waals surface area contributed by atoms with E-state index in [1.165, 1.54) is 6.26 Å². The number of carbonyl (C=O) groups excluding carboxylic acids is 2. The maximum Gasteiger partial charge on any atom is 0.259 e. The fourth-order valence-electron chi connectivity index (χ4n) is 5.19. The van der Waals surface area contributed by atoms with Crippen molar-refractivity contribution in [1.82, 2.24) is 15.0 Å². The average molecular weight is 359 g/mol. The summed E-state index contributed by atoms with van der Waals surface area (Å²) >= 11 is 0.